The number of nitrogens with one attached hydrogen (secondary N) is 2. The second-order valence-electron chi connectivity index (χ2n) is 7.13. The summed E-state index contributed by atoms with van der Waals surface area (Å²) in [5, 5.41) is 16.2. The van der Waals surface area contributed by atoms with Gasteiger partial charge in [-0.2, -0.15) is 0 Å². The zero-order valence-corrected chi connectivity index (χ0v) is 20.0. The summed E-state index contributed by atoms with van der Waals surface area (Å²) >= 11 is 0. The van der Waals surface area contributed by atoms with E-state index in [4.69, 9.17) is 9.73 Å². The average molecular weight is 524 g/mol. The van der Waals surface area contributed by atoms with E-state index in [1.807, 2.05) is 24.3 Å². The van der Waals surface area contributed by atoms with Crippen LogP contribution >= 0.6 is 24.0 Å². The first-order valence-electron chi connectivity index (χ1n) is 10.4. The largest absolute Gasteiger partial charge is 0.392 e. The van der Waals surface area contributed by atoms with Crippen molar-refractivity contribution in [1.29, 1.82) is 0 Å². The van der Waals surface area contributed by atoms with Crippen molar-refractivity contribution in [3.63, 3.8) is 0 Å². The summed E-state index contributed by atoms with van der Waals surface area (Å²) in [7, 11) is 0. The summed E-state index contributed by atoms with van der Waals surface area (Å²) in [6, 6.07) is 16.4. The van der Waals surface area contributed by atoms with Crippen LogP contribution in [-0.2, 0) is 31.0 Å². The van der Waals surface area contributed by atoms with Crippen LogP contribution in [0.4, 0.5) is 0 Å². The van der Waals surface area contributed by atoms with Gasteiger partial charge in [0, 0.05) is 32.7 Å². The average Bonchev–Trinajstić information content (AvgIpc) is 2.77. The molecule has 0 radical (unpaired) electrons. The third-order valence-corrected chi connectivity index (χ3v) is 5.10. The maximum Gasteiger partial charge on any atom is 0.191 e. The van der Waals surface area contributed by atoms with Crippen LogP contribution < -0.4 is 10.6 Å². The van der Waals surface area contributed by atoms with Crippen LogP contribution in [0.5, 0.6) is 0 Å². The highest BCUT2D eigenvalue weighted by molar-refractivity contribution is 14.0. The van der Waals surface area contributed by atoms with E-state index in [0.717, 1.165) is 56.5 Å². The van der Waals surface area contributed by atoms with Crippen LogP contribution in [0, 0.1) is 0 Å². The number of ether oxygens (including phenoxy) is 1. The molecule has 0 aliphatic carbocycles. The van der Waals surface area contributed by atoms with Gasteiger partial charge < -0.3 is 20.5 Å². The summed E-state index contributed by atoms with van der Waals surface area (Å²) in [5.74, 6) is 0.779. The van der Waals surface area contributed by atoms with E-state index in [2.05, 4.69) is 46.7 Å². The van der Waals surface area contributed by atoms with E-state index in [1.165, 1.54) is 11.1 Å². The Balaban J connectivity index is 0.00000320. The number of hydrogen-bond acceptors (Lipinski definition) is 4. The number of halogens is 1. The van der Waals surface area contributed by atoms with Crippen LogP contribution in [0.3, 0.4) is 0 Å². The lowest BCUT2D eigenvalue weighted by Crippen LogP contribution is -2.37. The van der Waals surface area contributed by atoms with Crippen molar-refractivity contribution in [1.82, 2.24) is 15.5 Å². The number of nitrogens with zero attached hydrogens (tertiary/aromatic N) is 2. The van der Waals surface area contributed by atoms with Crippen LogP contribution in [0.2, 0.25) is 0 Å². The normalized spacial score (nSPS) is 14.8. The first kappa shape index (κ1) is 24.6. The third-order valence-electron chi connectivity index (χ3n) is 5.10. The van der Waals surface area contributed by atoms with E-state index >= 15 is 0 Å². The van der Waals surface area contributed by atoms with Crippen LogP contribution in [-0.4, -0.2) is 48.8 Å². The van der Waals surface area contributed by atoms with Crippen LogP contribution in [0.1, 0.15) is 29.2 Å². The Morgan fingerprint density at radius 1 is 0.967 bits per heavy atom. The Hall–Kier alpha value is -1.68. The molecule has 1 heterocycles. The second kappa shape index (κ2) is 13.6. The minimum atomic E-state index is 0. The maximum absolute atomic E-state index is 9.52. The Kier molecular flexibility index (Phi) is 11.1. The molecule has 6 nitrogen and oxygen atoms in total. The van der Waals surface area contributed by atoms with Crippen molar-refractivity contribution in [2.45, 2.75) is 33.2 Å². The Bertz CT molecular complexity index is 794. The molecule has 0 spiro atoms. The molecule has 164 valence electrons. The fraction of sp³-hybridized carbons (Fsp3) is 0.435. The molecular weight excluding hydrogens is 491 g/mol. The minimum absolute atomic E-state index is 0. The summed E-state index contributed by atoms with van der Waals surface area (Å²) in [5.41, 5.74) is 4.58. The van der Waals surface area contributed by atoms with Gasteiger partial charge in [0.1, 0.15) is 0 Å². The monoisotopic (exact) mass is 524 g/mol. The van der Waals surface area contributed by atoms with E-state index in [0.29, 0.717) is 13.1 Å². The smallest absolute Gasteiger partial charge is 0.191 e. The summed E-state index contributed by atoms with van der Waals surface area (Å²) in [6.07, 6.45) is 0. The first-order valence-corrected chi connectivity index (χ1v) is 10.4. The maximum atomic E-state index is 9.52. The molecule has 7 heteroatoms. The van der Waals surface area contributed by atoms with Gasteiger partial charge in [0.25, 0.3) is 0 Å². The van der Waals surface area contributed by atoms with Gasteiger partial charge in [0.15, 0.2) is 5.96 Å². The van der Waals surface area contributed by atoms with E-state index < -0.39 is 0 Å². The first-order chi connectivity index (χ1) is 14.3. The van der Waals surface area contributed by atoms with Gasteiger partial charge in [0.05, 0.1) is 26.4 Å². The molecular formula is C23H33IN4O2. The van der Waals surface area contributed by atoms with Crippen molar-refractivity contribution in [3.05, 3.63) is 70.8 Å². The molecule has 0 atom stereocenters. The molecule has 2 aromatic rings. The van der Waals surface area contributed by atoms with Crippen molar-refractivity contribution < 1.29 is 9.84 Å². The zero-order chi connectivity index (χ0) is 20.3. The number of guanidine groups is 1. The van der Waals surface area contributed by atoms with Crippen molar-refractivity contribution >= 4 is 29.9 Å². The van der Waals surface area contributed by atoms with E-state index in [9.17, 15) is 5.11 Å². The van der Waals surface area contributed by atoms with Crippen molar-refractivity contribution in [2.24, 2.45) is 4.99 Å². The number of benzene rings is 2. The number of hydrogen-bond donors (Lipinski definition) is 3. The number of morpholine rings is 1. The van der Waals surface area contributed by atoms with Gasteiger partial charge in [-0.3, -0.25) is 4.90 Å². The van der Waals surface area contributed by atoms with Crippen LogP contribution in [0.25, 0.3) is 0 Å². The fourth-order valence-electron chi connectivity index (χ4n) is 3.44. The lowest BCUT2D eigenvalue weighted by Gasteiger charge is -2.27. The highest BCUT2D eigenvalue weighted by atomic mass is 127. The second-order valence-corrected chi connectivity index (χ2v) is 7.13. The molecule has 0 saturated carbocycles. The number of aliphatic imine (C=N–C) groups is 1. The van der Waals surface area contributed by atoms with Crippen molar-refractivity contribution in [3.8, 4) is 0 Å². The number of rotatable bonds is 8. The number of aliphatic hydroxyl groups excluding tert-OH is 1. The summed E-state index contributed by atoms with van der Waals surface area (Å²) in [4.78, 5) is 7.23. The SMILES string of the molecule is CCNC(=NCc1ccccc1CN1CCOCC1)NCc1ccccc1CO.I. The van der Waals surface area contributed by atoms with Crippen molar-refractivity contribution in [2.75, 3.05) is 32.8 Å². The molecule has 1 fully saturated rings. The molecule has 0 aromatic heterocycles. The zero-order valence-electron chi connectivity index (χ0n) is 17.6. The third kappa shape index (κ3) is 7.54. The summed E-state index contributed by atoms with van der Waals surface area (Å²) in [6.45, 7) is 8.65. The standard InChI is InChI=1S/C23H32N4O2.HI/c1-2-24-23(26-16-20-8-4-6-10-22(20)18-28)25-15-19-7-3-5-9-21(19)17-27-11-13-29-14-12-27;/h3-10,28H,2,11-18H2,1H3,(H2,24,25,26);1H. The molecule has 2 aromatic carbocycles. The highest BCUT2D eigenvalue weighted by Gasteiger charge is 2.12. The quantitative estimate of drug-likeness (QED) is 0.282. The van der Waals surface area contributed by atoms with E-state index in [-0.39, 0.29) is 30.6 Å². The molecule has 1 aliphatic heterocycles. The molecule has 0 amide bonds. The van der Waals surface area contributed by atoms with Crippen LogP contribution in [0.15, 0.2) is 53.5 Å². The highest BCUT2D eigenvalue weighted by Crippen LogP contribution is 2.14. The lowest BCUT2D eigenvalue weighted by atomic mass is 10.1. The topological polar surface area (TPSA) is 69.1 Å². The summed E-state index contributed by atoms with van der Waals surface area (Å²) < 4.78 is 5.46. The Morgan fingerprint density at radius 3 is 2.27 bits per heavy atom. The van der Waals surface area contributed by atoms with Gasteiger partial charge in [0.2, 0.25) is 0 Å². The molecule has 3 N–H and O–H groups in total. The molecule has 0 unspecified atom stereocenters. The Morgan fingerprint density at radius 2 is 1.60 bits per heavy atom. The lowest BCUT2D eigenvalue weighted by molar-refractivity contribution is 0.0341. The van der Waals surface area contributed by atoms with Gasteiger partial charge in [-0.25, -0.2) is 4.99 Å². The molecule has 3 rings (SSSR count). The van der Waals surface area contributed by atoms with Gasteiger partial charge in [-0.1, -0.05) is 48.5 Å². The van der Waals surface area contributed by atoms with Gasteiger partial charge >= 0.3 is 0 Å². The predicted molar refractivity (Wildman–Crippen MR) is 132 cm³/mol. The molecule has 1 saturated heterocycles. The predicted octanol–water partition coefficient (Wildman–Crippen LogP) is 2.88. The van der Waals surface area contributed by atoms with Gasteiger partial charge in [-0.05, 0) is 29.2 Å². The molecule has 30 heavy (non-hydrogen) atoms. The van der Waals surface area contributed by atoms with E-state index in [1.54, 1.807) is 0 Å². The Labute approximate surface area is 196 Å². The fourth-order valence-corrected chi connectivity index (χ4v) is 3.44. The molecule has 0 bridgehead atoms. The minimum Gasteiger partial charge on any atom is -0.392 e. The number of aliphatic hydroxyl groups is 1. The van der Waals surface area contributed by atoms with Gasteiger partial charge in [-0.15, -0.1) is 24.0 Å². The molecule has 1 aliphatic rings.